The van der Waals surface area contributed by atoms with Crippen LogP contribution in [0.4, 0.5) is 10.6 Å². The van der Waals surface area contributed by atoms with Gasteiger partial charge in [0, 0.05) is 24.3 Å². The van der Waals surface area contributed by atoms with Crippen LogP contribution in [-0.4, -0.2) is 72.5 Å². The largest absolute Gasteiger partial charge is 0.519 e. The van der Waals surface area contributed by atoms with Gasteiger partial charge in [-0.15, -0.1) is 6.42 Å². The quantitative estimate of drug-likeness (QED) is 0.0601. The topological polar surface area (TPSA) is 234 Å². The molecule has 304 valence electrons. The molecule has 0 aliphatic carbocycles. The summed E-state index contributed by atoms with van der Waals surface area (Å²) in [4.78, 5) is 74.9. The summed E-state index contributed by atoms with van der Waals surface area (Å²) >= 11 is 6.26. The molecule has 1 aliphatic rings. The van der Waals surface area contributed by atoms with Gasteiger partial charge < -0.3 is 37.6 Å². The van der Waals surface area contributed by atoms with Crippen LogP contribution in [0.5, 0.6) is 5.75 Å². The maximum absolute atomic E-state index is 13.6. The van der Waals surface area contributed by atoms with Gasteiger partial charge in [-0.05, 0) is 63.4 Å². The molecule has 1 aliphatic heterocycles. The Morgan fingerprint density at radius 2 is 1.82 bits per heavy atom. The maximum atomic E-state index is 13.6. The number of fused-ring (bicyclic) bond motifs is 1. The summed E-state index contributed by atoms with van der Waals surface area (Å²) in [6, 6.07) is 3.65. The lowest BCUT2D eigenvalue weighted by atomic mass is 9.78. The van der Waals surface area contributed by atoms with Gasteiger partial charge in [-0.3, -0.25) is 24.3 Å². The van der Waals surface area contributed by atoms with Crippen LogP contribution in [-0.2, 0) is 45.4 Å². The fourth-order valence-electron chi connectivity index (χ4n) is 6.69. The standard InChI is InChI=1S/C38H42ClN5O13/c1-10-38(17-45)25(55-28(48)14-36(6,7)29-20(3)11-19(2)12-23(29)53-22(5)46)13-26(56-38)44-18-40-30-31(41-33(39)43-32(30)44)42-34(49)57-37(8,9)15-27(47)51-16-24-21(4)52-35(50)54-24/h1,11-12,18,25-26,45H,13-17H2,2-9H3,(H,41,42,43,49)/t25-,26+,38+/m0/s1. The molecule has 1 aromatic carbocycles. The first-order valence-electron chi connectivity index (χ1n) is 17.6. The number of rotatable bonds is 13. The van der Waals surface area contributed by atoms with Crippen LogP contribution in [0.2, 0.25) is 5.28 Å². The summed E-state index contributed by atoms with van der Waals surface area (Å²) < 4.78 is 39.2. The fraction of sp³-hybridized carbons (Fsp3) is 0.474. The molecule has 4 aromatic rings. The fourth-order valence-corrected chi connectivity index (χ4v) is 6.86. The van der Waals surface area contributed by atoms with Crippen molar-refractivity contribution in [3.05, 3.63) is 62.6 Å². The Morgan fingerprint density at radius 1 is 1.11 bits per heavy atom. The van der Waals surface area contributed by atoms with Crippen LogP contribution in [0.1, 0.15) is 88.3 Å². The van der Waals surface area contributed by atoms with E-state index < -0.39 is 65.4 Å². The molecule has 0 unspecified atom stereocenters. The number of nitrogens with zero attached hydrogens (tertiary/aromatic N) is 4. The van der Waals surface area contributed by atoms with Crippen molar-refractivity contribution in [2.24, 2.45) is 0 Å². The molecule has 0 spiro atoms. The number of aliphatic hydroxyl groups is 1. The van der Waals surface area contributed by atoms with E-state index in [1.165, 1.54) is 38.6 Å². The van der Waals surface area contributed by atoms with Gasteiger partial charge >= 0.3 is 29.8 Å². The molecule has 0 saturated carbocycles. The Labute approximate surface area is 331 Å². The summed E-state index contributed by atoms with van der Waals surface area (Å²) in [5, 5.41) is 12.6. The van der Waals surface area contributed by atoms with Crippen LogP contribution in [0.25, 0.3) is 11.2 Å². The number of benzene rings is 1. The van der Waals surface area contributed by atoms with E-state index in [0.717, 1.165) is 11.1 Å². The molecule has 19 heteroatoms. The zero-order valence-corrected chi connectivity index (χ0v) is 33.3. The van der Waals surface area contributed by atoms with Crippen LogP contribution in [0, 0.1) is 33.1 Å². The number of nitrogens with one attached hydrogen (secondary N) is 1. The number of amides is 1. The Morgan fingerprint density at radius 3 is 2.46 bits per heavy atom. The zero-order chi connectivity index (χ0) is 42.0. The number of esters is 3. The minimum Gasteiger partial charge on any atom is -0.458 e. The Hall–Kier alpha value is -5.77. The summed E-state index contributed by atoms with van der Waals surface area (Å²) in [5.74, 6) is -0.0184. The number of aryl methyl sites for hydroxylation is 3. The monoisotopic (exact) mass is 811 g/mol. The maximum Gasteiger partial charge on any atom is 0.519 e. The molecule has 2 N–H and O–H groups in total. The SMILES string of the molecule is C#C[C@]1(CO)O[C@@H](n2cnc3c(NC(=O)OC(C)(C)CC(=O)OCc4oc(=O)oc4C)nc(Cl)nc32)C[C@@H]1OC(=O)CC(C)(C)c1c(C)cc(C)cc1OC(C)=O. The van der Waals surface area contributed by atoms with Crippen molar-refractivity contribution in [1.29, 1.82) is 0 Å². The minimum atomic E-state index is -1.76. The highest BCUT2D eigenvalue weighted by molar-refractivity contribution is 6.28. The van der Waals surface area contributed by atoms with Crippen molar-refractivity contribution in [3.8, 4) is 18.1 Å². The predicted molar refractivity (Wildman–Crippen MR) is 199 cm³/mol. The van der Waals surface area contributed by atoms with Gasteiger partial charge in [0.15, 0.2) is 40.7 Å². The summed E-state index contributed by atoms with van der Waals surface area (Å²) in [6.45, 7) is 12.0. The highest BCUT2D eigenvalue weighted by Gasteiger charge is 2.51. The van der Waals surface area contributed by atoms with E-state index in [1.807, 2.05) is 33.8 Å². The number of hydrogen-bond donors (Lipinski definition) is 2. The third kappa shape index (κ3) is 9.62. The first kappa shape index (κ1) is 42.4. The molecular weight excluding hydrogens is 770 g/mol. The van der Waals surface area contributed by atoms with Crippen molar-refractivity contribution in [3.63, 3.8) is 0 Å². The average Bonchev–Trinajstić information content (AvgIpc) is 3.76. The second kappa shape index (κ2) is 16.4. The summed E-state index contributed by atoms with van der Waals surface area (Å²) in [6.07, 6.45) is 3.48. The van der Waals surface area contributed by atoms with Crippen molar-refractivity contribution in [2.75, 3.05) is 11.9 Å². The van der Waals surface area contributed by atoms with Gasteiger partial charge in [0.2, 0.25) is 5.28 Å². The van der Waals surface area contributed by atoms with E-state index in [1.54, 1.807) is 6.07 Å². The summed E-state index contributed by atoms with van der Waals surface area (Å²) in [5.41, 5.74) is -1.52. The van der Waals surface area contributed by atoms with Gasteiger partial charge in [0.05, 0.1) is 25.8 Å². The van der Waals surface area contributed by atoms with E-state index in [0.29, 0.717) is 11.3 Å². The highest BCUT2D eigenvalue weighted by atomic mass is 35.5. The lowest BCUT2D eigenvalue weighted by Gasteiger charge is -2.31. The van der Waals surface area contributed by atoms with Crippen molar-refractivity contribution in [2.45, 2.75) is 110 Å². The molecule has 0 bridgehead atoms. The molecule has 1 saturated heterocycles. The highest BCUT2D eigenvalue weighted by Crippen LogP contribution is 2.42. The molecule has 5 rings (SSSR count). The van der Waals surface area contributed by atoms with E-state index in [4.69, 9.17) is 50.5 Å². The normalized spacial score (nSPS) is 18.2. The molecule has 1 amide bonds. The number of aliphatic hydroxyl groups excluding tert-OH is 1. The van der Waals surface area contributed by atoms with Gasteiger partial charge in [-0.1, -0.05) is 25.8 Å². The zero-order valence-electron chi connectivity index (χ0n) is 32.5. The van der Waals surface area contributed by atoms with Gasteiger partial charge in [-0.2, -0.15) is 9.97 Å². The second-order valence-corrected chi connectivity index (χ2v) is 15.1. The number of aromatic nitrogens is 4. The van der Waals surface area contributed by atoms with E-state index in [-0.39, 0.29) is 59.7 Å². The van der Waals surface area contributed by atoms with Crippen LogP contribution in [0.3, 0.4) is 0 Å². The molecule has 18 nitrogen and oxygen atoms in total. The number of ether oxygens (including phenoxy) is 5. The number of imidazole rings is 1. The van der Waals surface area contributed by atoms with E-state index in [2.05, 4.69) is 26.2 Å². The van der Waals surface area contributed by atoms with Crippen molar-refractivity contribution in [1.82, 2.24) is 19.5 Å². The van der Waals surface area contributed by atoms with Gasteiger partial charge in [0.1, 0.15) is 23.7 Å². The third-order valence-corrected chi connectivity index (χ3v) is 9.23. The van der Waals surface area contributed by atoms with Gasteiger partial charge in [0.25, 0.3) is 0 Å². The smallest absolute Gasteiger partial charge is 0.458 e. The molecule has 57 heavy (non-hydrogen) atoms. The van der Waals surface area contributed by atoms with Crippen molar-refractivity contribution < 1.29 is 56.8 Å². The minimum absolute atomic E-state index is 0.0417. The lowest BCUT2D eigenvalue weighted by molar-refractivity contribution is -0.160. The Bertz CT molecular complexity index is 2320. The van der Waals surface area contributed by atoms with Gasteiger partial charge in [-0.25, -0.2) is 14.6 Å². The number of hydrogen-bond acceptors (Lipinski definition) is 16. The molecule has 1 fully saturated rings. The lowest BCUT2D eigenvalue weighted by Crippen LogP contribution is -2.44. The second-order valence-electron chi connectivity index (χ2n) is 14.8. The average molecular weight is 812 g/mol. The first-order valence-corrected chi connectivity index (χ1v) is 17.9. The van der Waals surface area contributed by atoms with Crippen LogP contribution < -0.4 is 15.9 Å². The number of carbonyl (C=O) groups excluding carboxylic acids is 4. The molecule has 4 heterocycles. The third-order valence-electron chi connectivity index (χ3n) is 9.06. The molecule has 3 atom stereocenters. The molecule has 3 aromatic heterocycles. The van der Waals surface area contributed by atoms with E-state index in [9.17, 15) is 29.1 Å². The number of anilines is 1. The Balaban J connectivity index is 1.29. The Kier molecular flexibility index (Phi) is 12.2. The number of carbonyl (C=O) groups is 4. The van der Waals surface area contributed by atoms with Crippen molar-refractivity contribution >= 4 is 52.6 Å². The predicted octanol–water partition coefficient (Wildman–Crippen LogP) is 4.90. The summed E-state index contributed by atoms with van der Waals surface area (Å²) in [7, 11) is 0. The number of halogens is 1. The van der Waals surface area contributed by atoms with E-state index >= 15 is 0 Å². The van der Waals surface area contributed by atoms with Crippen LogP contribution >= 0.6 is 11.6 Å². The van der Waals surface area contributed by atoms with Crippen LogP contribution in [0.15, 0.2) is 32.1 Å². The number of terminal acetylenes is 1. The molecular formula is C38H42ClN5O13. The molecule has 0 radical (unpaired) electrons. The first-order chi connectivity index (χ1) is 26.7.